The van der Waals surface area contributed by atoms with Crippen molar-refractivity contribution in [1.29, 1.82) is 0 Å². The van der Waals surface area contributed by atoms with Crippen LogP contribution in [-0.4, -0.2) is 27.0 Å². The van der Waals surface area contributed by atoms with Crippen LogP contribution in [0.3, 0.4) is 0 Å². The third-order valence-electron chi connectivity index (χ3n) is 9.31. The molecule has 0 aliphatic rings. The standard InChI is InChI=1S/C36H53BNO3.C8H9/c1-7-13-26-38(27-14-8-2,28-15-9-3)35-29-32(12-6)20-25-36(35)41-37(39-33-21-16-30(10-4)17-22-33)40-34-23-18-31(11-5)19-24-34;1-2-8-6-4-3-5-7-8/h16-25,29H,7-15,26-28H2,1-6H3;4-7H,2H2,1H3/q+1;-1. The lowest BCUT2D eigenvalue weighted by Crippen LogP contribution is -2.52. The minimum atomic E-state index is -0.924. The first kappa shape index (κ1) is 39.7. The predicted molar refractivity (Wildman–Crippen MR) is 211 cm³/mol. The van der Waals surface area contributed by atoms with Gasteiger partial charge in [-0.3, -0.25) is 4.48 Å². The Hall–Kier alpha value is -3.70. The van der Waals surface area contributed by atoms with Gasteiger partial charge >= 0.3 is 7.32 Å². The zero-order valence-electron chi connectivity index (χ0n) is 31.6. The van der Waals surface area contributed by atoms with Gasteiger partial charge in [-0.25, -0.2) is 0 Å². The molecule has 264 valence electrons. The lowest BCUT2D eigenvalue weighted by atomic mass is 10.0. The van der Waals surface area contributed by atoms with Crippen LogP contribution in [0.2, 0.25) is 0 Å². The van der Waals surface area contributed by atoms with E-state index in [-0.39, 0.29) is 0 Å². The summed E-state index contributed by atoms with van der Waals surface area (Å²) in [5.41, 5.74) is 6.52. The van der Waals surface area contributed by atoms with E-state index >= 15 is 0 Å². The average Bonchev–Trinajstić information content (AvgIpc) is 3.16. The number of aryl methyl sites for hydroxylation is 4. The second-order valence-electron chi connectivity index (χ2n) is 12.9. The monoisotopic (exact) mass is 663 g/mol. The number of unbranched alkanes of at least 4 members (excludes halogenated alkanes) is 3. The first-order valence-corrected chi connectivity index (χ1v) is 19.1. The first-order valence-electron chi connectivity index (χ1n) is 19.1. The van der Waals surface area contributed by atoms with Crippen LogP contribution in [0.1, 0.15) is 109 Å². The van der Waals surface area contributed by atoms with Gasteiger partial charge in [0.15, 0.2) is 11.4 Å². The highest BCUT2D eigenvalue weighted by atomic mass is 16.7. The quantitative estimate of drug-likeness (QED) is 0.0535. The molecule has 0 aromatic heterocycles. The number of hydrogen-bond donors (Lipinski definition) is 0. The molecule has 0 aliphatic heterocycles. The van der Waals surface area contributed by atoms with Crippen LogP contribution in [0.25, 0.3) is 0 Å². The lowest BCUT2D eigenvalue weighted by molar-refractivity contribution is 0.248. The lowest BCUT2D eigenvalue weighted by Gasteiger charge is -2.40. The molecular formula is C44H62BNO3. The zero-order valence-corrected chi connectivity index (χ0v) is 31.6. The van der Waals surface area contributed by atoms with Gasteiger partial charge in [-0.15, -0.1) is 0 Å². The molecule has 0 bridgehead atoms. The fourth-order valence-electron chi connectivity index (χ4n) is 5.99. The summed E-state index contributed by atoms with van der Waals surface area (Å²) in [4.78, 5) is 0. The van der Waals surface area contributed by atoms with Crippen molar-refractivity contribution in [2.24, 2.45) is 0 Å². The van der Waals surface area contributed by atoms with Crippen molar-refractivity contribution in [3.63, 3.8) is 0 Å². The topological polar surface area (TPSA) is 27.7 Å². The third kappa shape index (κ3) is 12.9. The second kappa shape index (κ2) is 22.1. The molecule has 0 saturated carbocycles. The van der Waals surface area contributed by atoms with Crippen molar-refractivity contribution in [1.82, 2.24) is 4.48 Å². The fourth-order valence-corrected chi connectivity index (χ4v) is 5.99. The summed E-state index contributed by atoms with van der Waals surface area (Å²) in [5.74, 6) is 2.31. The number of nitrogens with zero attached hydrogens (tertiary/aromatic N) is 1. The predicted octanol–water partition coefficient (Wildman–Crippen LogP) is 11.7. The summed E-state index contributed by atoms with van der Waals surface area (Å²) in [5, 5.41) is 0. The Bertz CT molecular complexity index is 1370. The van der Waals surface area contributed by atoms with Gasteiger partial charge in [0.1, 0.15) is 11.5 Å². The largest absolute Gasteiger partial charge is 0.864 e. The van der Waals surface area contributed by atoms with Gasteiger partial charge in [0, 0.05) is 6.07 Å². The van der Waals surface area contributed by atoms with Crippen molar-refractivity contribution in [2.75, 3.05) is 19.6 Å². The third-order valence-corrected chi connectivity index (χ3v) is 9.31. The molecule has 4 aromatic carbocycles. The maximum atomic E-state index is 6.75. The maximum absolute atomic E-state index is 6.75. The van der Waals surface area contributed by atoms with Gasteiger partial charge in [-0.2, -0.15) is 35.9 Å². The molecule has 0 heterocycles. The summed E-state index contributed by atoms with van der Waals surface area (Å²) in [6, 6.07) is 34.2. The Balaban J connectivity index is 0.000000710. The Morgan fingerprint density at radius 3 is 1.29 bits per heavy atom. The van der Waals surface area contributed by atoms with Crippen LogP contribution >= 0.6 is 0 Å². The highest BCUT2D eigenvalue weighted by molar-refractivity contribution is 6.39. The molecule has 5 heteroatoms. The van der Waals surface area contributed by atoms with E-state index in [1.54, 1.807) is 0 Å². The zero-order chi connectivity index (χ0) is 35.3. The highest BCUT2D eigenvalue weighted by Crippen LogP contribution is 2.37. The highest BCUT2D eigenvalue weighted by Gasteiger charge is 2.37. The molecule has 0 aliphatic carbocycles. The van der Waals surface area contributed by atoms with Gasteiger partial charge in [0.2, 0.25) is 0 Å². The van der Waals surface area contributed by atoms with E-state index in [1.807, 2.05) is 36.4 Å². The Labute approximate surface area is 299 Å². The van der Waals surface area contributed by atoms with Crippen molar-refractivity contribution in [3.8, 4) is 17.2 Å². The minimum absolute atomic E-state index is 0.729. The van der Waals surface area contributed by atoms with Gasteiger partial charge < -0.3 is 14.0 Å². The van der Waals surface area contributed by atoms with Gasteiger partial charge in [-0.05, 0) is 85.5 Å². The molecule has 4 rings (SSSR count). The van der Waals surface area contributed by atoms with E-state index in [0.717, 1.165) is 67.0 Å². The number of hydrogen-bond acceptors (Lipinski definition) is 3. The summed E-state index contributed by atoms with van der Waals surface area (Å²) < 4.78 is 20.5. The normalized spacial score (nSPS) is 11.0. The van der Waals surface area contributed by atoms with E-state index in [0.29, 0.717) is 0 Å². The van der Waals surface area contributed by atoms with E-state index in [1.165, 1.54) is 66.5 Å². The molecule has 49 heavy (non-hydrogen) atoms. The number of quaternary nitrogens is 1. The van der Waals surface area contributed by atoms with Crippen LogP contribution in [0.15, 0.2) is 91.0 Å². The molecule has 0 N–H and O–H groups in total. The van der Waals surface area contributed by atoms with Crippen LogP contribution in [-0.2, 0) is 25.7 Å². The van der Waals surface area contributed by atoms with Crippen molar-refractivity contribution < 1.29 is 14.0 Å². The van der Waals surface area contributed by atoms with Gasteiger partial charge in [-0.1, -0.05) is 104 Å². The Kier molecular flexibility index (Phi) is 17.9. The maximum Gasteiger partial charge on any atom is 0.864 e. The smallest absolute Gasteiger partial charge is 0.490 e. The molecule has 0 unspecified atom stereocenters. The summed E-state index contributed by atoms with van der Waals surface area (Å²) in [7, 11) is -0.924. The van der Waals surface area contributed by atoms with Crippen molar-refractivity contribution in [2.45, 2.75) is 113 Å². The summed E-state index contributed by atoms with van der Waals surface area (Å²) >= 11 is 0. The average molecular weight is 664 g/mol. The van der Waals surface area contributed by atoms with E-state index in [2.05, 4.69) is 109 Å². The molecule has 0 spiro atoms. The molecule has 0 amide bonds. The van der Waals surface area contributed by atoms with Crippen molar-refractivity contribution in [3.05, 3.63) is 119 Å². The molecule has 4 nitrogen and oxygen atoms in total. The number of rotatable bonds is 20. The van der Waals surface area contributed by atoms with Crippen LogP contribution in [0, 0.1) is 6.07 Å². The number of benzene rings is 4. The second-order valence-corrected chi connectivity index (χ2v) is 12.9. The van der Waals surface area contributed by atoms with Gasteiger partial charge in [0.25, 0.3) is 0 Å². The van der Waals surface area contributed by atoms with E-state index in [4.69, 9.17) is 14.0 Å². The molecular weight excluding hydrogens is 601 g/mol. The molecule has 4 aromatic rings. The van der Waals surface area contributed by atoms with E-state index < -0.39 is 7.32 Å². The fraction of sp³-hybridized carbons (Fsp3) is 0.455. The van der Waals surface area contributed by atoms with Crippen LogP contribution in [0.4, 0.5) is 5.69 Å². The summed E-state index contributed by atoms with van der Waals surface area (Å²) in [6.45, 7) is 18.9. The molecule has 0 radical (unpaired) electrons. The molecule has 0 atom stereocenters. The van der Waals surface area contributed by atoms with Crippen LogP contribution < -0.4 is 18.4 Å². The van der Waals surface area contributed by atoms with Gasteiger partial charge in [0.05, 0.1) is 19.6 Å². The first-order chi connectivity index (χ1) is 23.9. The SMILES string of the molecule is CCCC[N+](CCCC)(CCCC)c1cc(CC)ccc1OB(Oc1ccc(CC)cc1)Oc1ccc(CC)cc1.CCc1cc[c-]cc1. The van der Waals surface area contributed by atoms with Crippen LogP contribution in [0.5, 0.6) is 17.2 Å². The summed E-state index contributed by atoms with van der Waals surface area (Å²) in [6.07, 6.45) is 11.2. The molecule has 0 fully saturated rings. The Morgan fingerprint density at radius 1 is 0.490 bits per heavy atom. The van der Waals surface area contributed by atoms with Crippen molar-refractivity contribution >= 4 is 13.0 Å². The minimum Gasteiger partial charge on any atom is -0.490 e. The Morgan fingerprint density at radius 2 is 0.898 bits per heavy atom. The van der Waals surface area contributed by atoms with E-state index in [9.17, 15) is 0 Å². The molecule has 0 saturated heterocycles.